The van der Waals surface area contributed by atoms with Crippen LogP contribution in [0.1, 0.15) is 32.1 Å². The van der Waals surface area contributed by atoms with Crippen molar-refractivity contribution in [3.8, 4) is 0 Å². The summed E-state index contributed by atoms with van der Waals surface area (Å²) in [4.78, 5) is 14.1. The summed E-state index contributed by atoms with van der Waals surface area (Å²) >= 11 is 0. The van der Waals surface area contributed by atoms with Gasteiger partial charge < -0.3 is 16.0 Å². The van der Waals surface area contributed by atoms with E-state index in [4.69, 9.17) is 5.73 Å². The first kappa shape index (κ1) is 14.8. The Morgan fingerprint density at radius 3 is 2.85 bits per heavy atom. The van der Waals surface area contributed by atoms with Crippen LogP contribution in [0.4, 0.5) is 15.8 Å². The Labute approximate surface area is 119 Å². The van der Waals surface area contributed by atoms with E-state index in [1.165, 1.54) is 43.9 Å². The van der Waals surface area contributed by atoms with Gasteiger partial charge in [-0.15, -0.1) is 0 Å². The average molecular weight is 279 g/mol. The number of nitrogens with zero attached hydrogens (tertiary/aromatic N) is 1. The summed E-state index contributed by atoms with van der Waals surface area (Å²) in [6.07, 6.45) is 5.33. The van der Waals surface area contributed by atoms with E-state index in [2.05, 4.69) is 10.2 Å². The van der Waals surface area contributed by atoms with Gasteiger partial charge in [0, 0.05) is 24.7 Å². The Morgan fingerprint density at radius 2 is 2.15 bits per heavy atom. The van der Waals surface area contributed by atoms with Gasteiger partial charge in [0.05, 0.1) is 5.69 Å². The third kappa shape index (κ3) is 3.93. The van der Waals surface area contributed by atoms with E-state index in [-0.39, 0.29) is 11.6 Å². The van der Waals surface area contributed by atoms with E-state index in [9.17, 15) is 9.18 Å². The number of nitrogens with two attached hydrogens (primary N) is 1. The molecule has 3 N–H and O–H groups in total. The van der Waals surface area contributed by atoms with Crippen molar-refractivity contribution in [2.24, 2.45) is 0 Å². The third-order valence-electron chi connectivity index (χ3n) is 3.90. The number of hydrogen-bond donors (Lipinski definition) is 2. The van der Waals surface area contributed by atoms with Gasteiger partial charge in [-0.25, -0.2) is 4.39 Å². The van der Waals surface area contributed by atoms with Crippen LogP contribution in [0.5, 0.6) is 0 Å². The first-order chi connectivity index (χ1) is 9.56. The van der Waals surface area contributed by atoms with Gasteiger partial charge in [-0.05, 0) is 38.1 Å². The molecule has 1 aromatic rings. The molecule has 1 saturated carbocycles. The molecule has 0 aromatic heterocycles. The number of hydrogen-bond acceptors (Lipinski definition) is 3. The highest BCUT2D eigenvalue weighted by Crippen LogP contribution is 2.22. The summed E-state index contributed by atoms with van der Waals surface area (Å²) in [5.74, 6) is -0.643. The van der Waals surface area contributed by atoms with E-state index in [1.807, 2.05) is 7.05 Å². The molecule has 0 spiro atoms. The standard InChI is InChI=1S/C15H22FN3O/c1-19(12-4-2-3-5-12)9-8-15(20)18-14-10-11(17)6-7-13(14)16/h6-7,10,12H,2-5,8-9,17H2,1H3,(H,18,20). The highest BCUT2D eigenvalue weighted by Gasteiger charge is 2.19. The Morgan fingerprint density at radius 1 is 1.45 bits per heavy atom. The van der Waals surface area contributed by atoms with Crippen molar-refractivity contribution in [3.05, 3.63) is 24.0 Å². The topological polar surface area (TPSA) is 58.4 Å². The molecule has 1 amide bonds. The summed E-state index contributed by atoms with van der Waals surface area (Å²) in [5.41, 5.74) is 6.17. The van der Waals surface area contributed by atoms with Crippen LogP contribution in [0, 0.1) is 5.82 Å². The number of nitrogen functional groups attached to an aromatic ring is 1. The van der Waals surface area contributed by atoms with Crippen LogP contribution in [0.15, 0.2) is 18.2 Å². The van der Waals surface area contributed by atoms with Crippen LogP contribution in [0.2, 0.25) is 0 Å². The summed E-state index contributed by atoms with van der Waals surface area (Å²) in [5, 5.41) is 2.58. The van der Waals surface area contributed by atoms with E-state index in [0.717, 1.165) is 0 Å². The Balaban J connectivity index is 1.81. The molecule has 0 bridgehead atoms. The van der Waals surface area contributed by atoms with E-state index >= 15 is 0 Å². The largest absolute Gasteiger partial charge is 0.399 e. The number of halogens is 1. The lowest BCUT2D eigenvalue weighted by Gasteiger charge is -2.23. The van der Waals surface area contributed by atoms with Crippen molar-refractivity contribution in [1.29, 1.82) is 0 Å². The maximum Gasteiger partial charge on any atom is 0.225 e. The predicted octanol–water partition coefficient (Wildman–Crippen LogP) is 2.61. The van der Waals surface area contributed by atoms with E-state index < -0.39 is 5.82 Å². The monoisotopic (exact) mass is 279 g/mol. The highest BCUT2D eigenvalue weighted by molar-refractivity contribution is 5.91. The smallest absolute Gasteiger partial charge is 0.225 e. The molecule has 0 heterocycles. The molecular formula is C15H22FN3O. The molecule has 2 rings (SSSR count). The second-order valence-electron chi connectivity index (χ2n) is 5.46. The fraction of sp³-hybridized carbons (Fsp3) is 0.533. The molecule has 0 saturated heterocycles. The molecule has 0 radical (unpaired) electrons. The lowest BCUT2D eigenvalue weighted by molar-refractivity contribution is -0.116. The maximum atomic E-state index is 13.5. The minimum atomic E-state index is -0.461. The molecule has 1 aliphatic carbocycles. The van der Waals surface area contributed by atoms with Crippen LogP contribution in [-0.2, 0) is 4.79 Å². The molecule has 110 valence electrons. The second kappa shape index (κ2) is 6.70. The quantitative estimate of drug-likeness (QED) is 0.815. The predicted molar refractivity (Wildman–Crippen MR) is 78.9 cm³/mol. The third-order valence-corrected chi connectivity index (χ3v) is 3.90. The SMILES string of the molecule is CN(CCC(=O)Nc1cc(N)ccc1F)C1CCCC1. The van der Waals surface area contributed by atoms with Crippen LogP contribution in [0.3, 0.4) is 0 Å². The molecule has 0 unspecified atom stereocenters. The van der Waals surface area contributed by atoms with Gasteiger partial charge in [-0.3, -0.25) is 4.79 Å². The zero-order valence-corrected chi connectivity index (χ0v) is 11.9. The molecule has 1 aliphatic rings. The van der Waals surface area contributed by atoms with Gasteiger partial charge in [0.15, 0.2) is 0 Å². The molecule has 0 aliphatic heterocycles. The van der Waals surface area contributed by atoms with Crippen molar-refractivity contribution < 1.29 is 9.18 Å². The minimum Gasteiger partial charge on any atom is -0.399 e. The van der Waals surface area contributed by atoms with Gasteiger partial charge in [-0.1, -0.05) is 12.8 Å². The normalized spacial score (nSPS) is 15.8. The molecule has 5 heteroatoms. The lowest BCUT2D eigenvalue weighted by Crippen LogP contribution is -2.32. The van der Waals surface area contributed by atoms with Crippen LogP contribution < -0.4 is 11.1 Å². The first-order valence-electron chi connectivity index (χ1n) is 7.11. The molecule has 1 fully saturated rings. The van der Waals surface area contributed by atoms with Crippen molar-refractivity contribution in [1.82, 2.24) is 4.90 Å². The summed E-state index contributed by atoms with van der Waals surface area (Å²) in [6.45, 7) is 0.695. The lowest BCUT2D eigenvalue weighted by atomic mass is 10.2. The van der Waals surface area contributed by atoms with Crippen molar-refractivity contribution >= 4 is 17.3 Å². The van der Waals surface area contributed by atoms with Gasteiger partial charge in [0.1, 0.15) is 5.82 Å². The van der Waals surface area contributed by atoms with Crippen LogP contribution >= 0.6 is 0 Å². The van der Waals surface area contributed by atoms with Gasteiger partial charge in [-0.2, -0.15) is 0 Å². The number of anilines is 2. The van der Waals surface area contributed by atoms with Crippen molar-refractivity contribution in [2.75, 3.05) is 24.6 Å². The molecule has 0 atom stereocenters. The number of rotatable bonds is 5. The Kier molecular flexibility index (Phi) is 4.95. The molecule has 20 heavy (non-hydrogen) atoms. The number of nitrogens with one attached hydrogen (secondary N) is 1. The summed E-state index contributed by atoms with van der Waals surface area (Å²) in [7, 11) is 2.05. The average Bonchev–Trinajstić information content (AvgIpc) is 2.94. The highest BCUT2D eigenvalue weighted by atomic mass is 19.1. The number of benzene rings is 1. The first-order valence-corrected chi connectivity index (χ1v) is 7.11. The van der Waals surface area contributed by atoms with Crippen molar-refractivity contribution in [3.63, 3.8) is 0 Å². The number of amides is 1. The maximum absolute atomic E-state index is 13.5. The van der Waals surface area contributed by atoms with E-state index in [1.54, 1.807) is 0 Å². The fourth-order valence-corrected chi connectivity index (χ4v) is 2.66. The van der Waals surface area contributed by atoms with Gasteiger partial charge >= 0.3 is 0 Å². The zero-order valence-electron chi connectivity index (χ0n) is 11.9. The van der Waals surface area contributed by atoms with Crippen LogP contribution in [-0.4, -0.2) is 30.4 Å². The van der Waals surface area contributed by atoms with E-state index in [0.29, 0.717) is 24.7 Å². The van der Waals surface area contributed by atoms with Gasteiger partial charge in [0.2, 0.25) is 5.91 Å². The van der Waals surface area contributed by atoms with Crippen molar-refractivity contribution in [2.45, 2.75) is 38.1 Å². The fourth-order valence-electron chi connectivity index (χ4n) is 2.66. The summed E-state index contributed by atoms with van der Waals surface area (Å²) in [6, 6.07) is 4.76. The molecule has 4 nitrogen and oxygen atoms in total. The molecular weight excluding hydrogens is 257 g/mol. The van der Waals surface area contributed by atoms with Gasteiger partial charge in [0.25, 0.3) is 0 Å². The number of carbonyl (C=O) groups is 1. The zero-order chi connectivity index (χ0) is 14.5. The Hall–Kier alpha value is -1.62. The molecule has 1 aromatic carbocycles. The number of carbonyl (C=O) groups excluding carboxylic acids is 1. The van der Waals surface area contributed by atoms with Crippen LogP contribution in [0.25, 0.3) is 0 Å². The minimum absolute atomic E-state index is 0.151. The summed E-state index contributed by atoms with van der Waals surface area (Å²) < 4.78 is 13.5. The second-order valence-corrected chi connectivity index (χ2v) is 5.46. The Bertz CT molecular complexity index is 472.